The summed E-state index contributed by atoms with van der Waals surface area (Å²) in [6.07, 6.45) is 2.54. The molecule has 0 spiro atoms. The van der Waals surface area contributed by atoms with Crippen LogP contribution in [-0.4, -0.2) is 30.9 Å². The molecule has 3 heterocycles. The number of benzene rings is 3. The predicted octanol–water partition coefficient (Wildman–Crippen LogP) is 8.39. The molecule has 1 aliphatic heterocycles. The number of hydrazine groups is 1. The van der Waals surface area contributed by atoms with Gasteiger partial charge in [-0.05, 0) is 91.9 Å². The number of hydrogen-bond donors (Lipinski definition) is 3. The minimum absolute atomic E-state index is 0.167. The highest BCUT2D eigenvalue weighted by Crippen LogP contribution is 2.33. The van der Waals surface area contributed by atoms with E-state index < -0.39 is 9.84 Å². The summed E-state index contributed by atoms with van der Waals surface area (Å²) in [7, 11) is -3.67. The Kier molecular flexibility index (Phi) is 8.87. The van der Waals surface area contributed by atoms with Gasteiger partial charge in [-0.1, -0.05) is 41.7 Å². The largest absolute Gasteiger partial charge is 0.363 e. The Morgan fingerprint density at radius 3 is 2.41 bits per heavy atom. The van der Waals surface area contributed by atoms with Crippen molar-refractivity contribution >= 4 is 70.6 Å². The van der Waals surface area contributed by atoms with Crippen molar-refractivity contribution in [1.82, 2.24) is 9.36 Å². The Bertz CT molecular complexity index is 1880. The minimum atomic E-state index is -3.67. The maximum absolute atomic E-state index is 12.7. The third-order valence-electron chi connectivity index (χ3n) is 7.16. The van der Waals surface area contributed by atoms with Crippen LogP contribution in [-0.2, 0) is 15.6 Å². The van der Waals surface area contributed by atoms with Gasteiger partial charge in [0, 0.05) is 36.0 Å². The van der Waals surface area contributed by atoms with Crippen LogP contribution in [0.25, 0.3) is 0 Å². The third kappa shape index (κ3) is 7.24. The Balaban J connectivity index is 1.05. The molecule has 1 aliphatic rings. The summed E-state index contributed by atoms with van der Waals surface area (Å²) in [5, 5.41) is 14.3. The zero-order chi connectivity index (χ0) is 30.5. The summed E-state index contributed by atoms with van der Waals surface area (Å²) in [6, 6.07) is 25.2. The summed E-state index contributed by atoms with van der Waals surface area (Å²) in [5.41, 5.74) is 12.9. The molecule has 0 saturated carbocycles. The third-order valence-corrected chi connectivity index (χ3v) is 10.4. The molecule has 0 atom stereocenters. The van der Waals surface area contributed by atoms with Crippen molar-refractivity contribution in [2.75, 3.05) is 34.2 Å². The zero-order valence-corrected chi connectivity index (χ0v) is 26.8. The van der Waals surface area contributed by atoms with E-state index in [1.165, 1.54) is 17.8 Å². The first kappa shape index (κ1) is 29.7. The van der Waals surface area contributed by atoms with Crippen molar-refractivity contribution in [2.24, 2.45) is 10.2 Å². The maximum atomic E-state index is 12.7. The van der Waals surface area contributed by atoms with Gasteiger partial charge in [0.15, 0.2) is 0 Å². The van der Waals surface area contributed by atoms with Crippen LogP contribution in [0.4, 0.5) is 37.9 Å². The van der Waals surface area contributed by atoms with Gasteiger partial charge in [0.05, 0.1) is 22.1 Å². The molecule has 0 amide bonds. The van der Waals surface area contributed by atoms with Crippen molar-refractivity contribution in [3.05, 3.63) is 95.6 Å². The van der Waals surface area contributed by atoms with Gasteiger partial charge < -0.3 is 15.6 Å². The molecule has 2 aromatic heterocycles. The molecule has 226 valence electrons. The molecule has 0 bridgehead atoms. The van der Waals surface area contributed by atoms with Crippen molar-refractivity contribution in [3.63, 3.8) is 0 Å². The highest BCUT2D eigenvalue weighted by atomic mass is 32.2. The average molecular weight is 645 g/mol. The summed E-state index contributed by atoms with van der Waals surface area (Å²) in [5.74, 6) is -0.167. The van der Waals surface area contributed by atoms with Crippen LogP contribution in [0.2, 0.25) is 0 Å². The number of azo groups is 1. The molecule has 1 saturated heterocycles. The Hall–Kier alpha value is -4.33. The van der Waals surface area contributed by atoms with Gasteiger partial charge in [-0.2, -0.15) is 9.36 Å². The van der Waals surface area contributed by atoms with E-state index in [-0.39, 0.29) is 16.0 Å². The van der Waals surface area contributed by atoms with Gasteiger partial charge >= 0.3 is 0 Å². The Labute approximate surface area is 265 Å². The normalized spacial score (nSPS) is 13.5. The van der Waals surface area contributed by atoms with E-state index in [1.807, 2.05) is 43.3 Å². The van der Waals surface area contributed by atoms with Gasteiger partial charge in [0.2, 0.25) is 15.0 Å². The minimum Gasteiger partial charge on any atom is -0.363 e. The second-order valence-electron chi connectivity index (χ2n) is 10.5. The maximum Gasteiger partial charge on any atom is 0.261 e. The average Bonchev–Trinajstić information content (AvgIpc) is 3.80. The molecule has 6 rings (SSSR count). The fourth-order valence-corrected chi connectivity index (χ4v) is 7.77. The molecule has 0 radical (unpaired) electrons. The van der Waals surface area contributed by atoms with Crippen LogP contribution in [0.5, 0.6) is 0 Å². The molecule has 0 unspecified atom stereocenters. The number of aromatic nitrogens is 2. The van der Waals surface area contributed by atoms with Crippen LogP contribution >= 0.6 is 22.9 Å². The van der Waals surface area contributed by atoms with Crippen LogP contribution in [0.15, 0.2) is 94.2 Å². The van der Waals surface area contributed by atoms with E-state index in [2.05, 4.69) is 65.8 Å². The summed E-state index contributed by atoms with van der Waals surface area (Å²) < 4.78 is 29.4. The molecule has 3 N–H and O–H groups in total. The number of thiophene rings is 1. The van der Waals surface area contributed by atoms with E-state index >= 15 is 0 Å². The first-order valence-corrected chi connectivity index (χ1v) is 17.4. The molecule has 5 aromatic rings. The van der Waals surface area contributed by atoms with Gasteiger partial charge in [0.1, 0.15) is 5.00 Å². The van der Waals surface area contributed by atoms with Crippen LogP contribution < -0.4 is 21.1 Å². The second-order valence-corrected chi connectivity index (χ2v) is 14.2. The van der Waals surface area contributed by atoms with Crippen molar-refractivity contribution < 1.29 is 8.42 Å². The van der Waals surface area contributed by atoms with Crippen LogP contribution in [0.3, 0.4) is 0 Å². The predicted molar refractivity (Wildman–Crippen MR) is 180 cm³/mol. The molecule has 13 heteroatoms. The van der Waals surface area contributed by atoms with Crippen molar-refractivity contribution in [3.8, 4) is 0 Å². The lowest BCUT2D eigenvalue weighted by atomic mass is 10.1. The molecule has 1 fully saturated rings. The van der Waals surface area contributed by atoms with Crippen molar-refractivity contribution in [2.45, 2.75) is 37.6 Å². The van der Waals surface area contributed by atoms with Gasteiger partial charge in [-0.25, -0.2) is 8.42 Å². The Morgan fingerprint density at radius 1 is 0.864 bits per heavy atom. The van der Waals surface area contributed by atoms with Crippen molar-refractivity contribution in [1.29, 1.82) is 0 Å². The van der Waals surface area contributed by atoms with Gasteiger partial charge in [-0.3, -0.25) is 5.43 Å². The monoisotopic (exact) mass is 644 g/mol. The zero-order valence-electron chi connectivity index (χ0n) is 24.3. The smallest absolute Gasteiger partial charge is 0.261 e. The standard InChI is InChI=1S/C31H32N8O2S3/c1-21-19-25(34-36-28-14-15-29(42-28)39-16-6-7-17-39)11-12-26(21)32-24-10-13-27(22(2)18-24)35-37-30-33-31(38-43-30)44(40,41)20-23-8-4-3-5-9-23/h3-5,8-15,18-19,32,34,36H,6-7,16-17,20H2,1-2H3. The van der Waals surface area contributed by atoms with E-state index in [0.717, 1.165) is 57.8 Å². The quantitative estimate of drug-likeness (QED) is 0.0968. The summed E-state index contributed by atoms with van der Waals surface area (Å²) >= 11 is 2.66. The highest BCUT2D eigenvalue weighted by Gasteiger charge is 2.21. The lowest BCUT2D eigenvalue weighted by molar-refractivity contribution is 0.588. The lowest BCUT2D eigenvalue weighted by Gasteiger charge is -2.15. The summed E-state index contributed by atoms with van der Waals surface area (Å²) in [4.78, 5) is 6.53. The molecule has 44 heavy (non-hydrogen) atoms. The second kappa shape index (κ2) is 13.1. The first-order chi connectivity index (χ1) is 21.3. The fourth-order valence-electron chi connectivity index (χ4n) is 4.84. The number of nitrogens with one attached hydrogen (secondary N) is 3. The van der Waals surface area contributed by atoms with Gasteiger partial charge in [0.25, 0.3) is 5.16 Å². The van der Waals surface area contributed by atoms with E-state index in [9.17, 15) is 8.42 Å². The number of rotatable bonds is 11. The summed E-state index contributed by atoms with van der Waals surface area (Å²) in [6.45, 7) is 6.29. The van der Waals surface area contributed by atoms with Crippen LogP contribution in [0, 0.1) is 13.8 Å². The number of hydrogen-bond acceptors (Lipinski definition) is 12. The topological polar surface area (TPSA) is 124 Å². The number of anilines is 5. The first-order valence-electron chi connectivity index (χ1n) is 14.2. The van der Waals surface area contributed by atoms with E-state index in [4.69, 9.17) is 0 Å². The van der Waals surface area contributed by atoms with Gasteiger partial charge in [-0.15, -0.1) is 10.2 Å². The molecular formula is C31H32N8O2S3. The number of sulfone groups is 1. The molecule has 0 aliphatic carbocycles. The SMILES string of the molecule is Cc1cc(Nc2ccc(NNc3ccc(N4CCCC4)s3)cc2C)ccc1N=Nc1nc(S(=O)(=O)Cc2ccccc2)ns1. The lowest BCUT2D eigenvalue weighted by Crippen LogP contribution is -2.15. The fraction of sp³-hybridized carbons (Fsp3) is 0.226. The molecule has 10 nitrogen and oxygen atoms in total. The highest BCUT2D eigenvalue weighted by molar-refractivity contribution is 7.90. The Morgan fingerprint density at radius 2 is 1.64 bits per heavy atom. The molecular weight excluding hydrogens is 613 g/mol. The molecule has 3 aromatic carbocycles. The van der Waals surface area contributed by atoms with Crippen LogP contribution in [0.1, 0.15) is 29.5 Å². The van der Waals surface area contributed by atoms with E-state index in [0.29, 0.717) is 11.3 Å². The van der Waals surface area contributed by atoms with E-state index in [1.54, 1.807) is 35.6 Å². The number of nitrogens with zero attached hydrogens (tertiary/aromatic N) is 5. The number of aryl methyl sites for hydroxylation is 2.